The quantitative estimate of drug-likeness (QED) is 0.763. The minimum Gasteiger partial charge on any atom is -0.469 e. The molecule has 96 valence electrons. The summed E-state index contributed by atoms with van der Waals surface area (Å²) in [4.78, 5) is 14.2. The first kappa shape index (κ1) is 11.7. The monoisotopic (exact) mass is 245 g/mol. The number of benzene rings is 1. The van der Waals surface area contributed by atoms with Gasteiger partial charge in [0.05, 0.1) is 13.0 Å². The van der Waals surface area contributed by atoms with Gasteiger partial charge >= 0.3 is 5.97 Å². The zero-order valence-corrected chi connectivity index (χ0v) is 10.7. The van der Waals surface area contributed by atoms with Crippen molar-refractivity contribution in [3.63, 3.8) is 0 Å². The van der Waals surface area contributed by atoms with Gasteiger partial charge in [0.1, 0.15) is 0 Å². The first-order valence-corrected chi connectivity index (χ1v) is 6.63. The number of carbonyl (C=O) groups is 1. The van der Waals surface area contributed by atoms with E-state index in [0.29, 0.717) is 12.0 Å². The molecule has 1 saturated carbocycles. The molecular formula is C15H19NO2. The average Bonchev–Trinajstić information content (AvgIpc) is 2.98. The third kappa shape index (κ3) is 2.03. The van der Waals surface area contributed by atoms with Crippen LogP contribution in [0, 0.1) is 11.8 Å². The van der Waals surface area contributed by atoms with Crippen molar-refractivity contribution in [3.05, 3.63) is 35.9 Å². The summed E-state index contributed by atoms with van der Waals surface area (Å²) >= 11 is 0. The number of methoxy groups -OCH3 is 1. The van der Waals surface area contributed by atoms with Gasteiger partial charge in [0.15, 0.2) is 0 Å². The van der Waals surface area contributed by atoms with E-state index in [-0.39, 0.29) is 11.9 Å². The molecule has 18 heavy (non-hydrogen) atoms. The standard InChI is InChI=1S/C15H19NO2/c1-18-15(17)13-7-12-8-14(13)16(10-12)9-11-5-3-2-4-6-11/h2-6,12-14H,7-10H2,1H3. The van der Waals surface area contributed by atoms with E-state index >= 15 is 0 Å². The van der Waals surface area contributed by atoms with Crippen molar-refractivity contribution in [1.82, 2.24) is 4.90 Å². The largest absolute Gasteiger partial charge is 0.469 e. The Morgan fingerprint density at radius 1 is 1.33 bits per heavy atom. The first-order chi connectivity index (χ1) is 8.78. The van der Waals surface area contributed by atoms with Crippen LogP contribution in [0.15, 0.2) is 30.3 Å². The molecule has 0 N–H and O–H groups in total. The fourth-order valence-electron chi connectivity index (χ4n) is 3.54. The van der Waals surface area contributed by atoms with Gasteiger partial charge in [0, 0.05) is 19.1 Å². The molecule has 1 aliphatic carbocycles. The van der Waals surface area contributed by atoms with Crippen LogP contribution in [-0.2, 0) is 16.1 Å². The van der Waals surface area contributed by atoms with Gasteiger partial charge in [-0.25, -0.2) is 0 Å². The average molecular weight is 245 g/mol. The van der Waals surface area contributed by atoms with Crippen LogP contribution in [0.2, 0.25) is 0 Å². The summed E-state index contributed by atoms with van der Waals surface area (Å²) in [6.07, 6.45) is 2.18. The second-order valence-corrected chi connectivity index (χ2v) is 5.45. The Kier molecular flexibility index (Phi) is 3.08. The summed E-state index contributed by atoms with van der Waals surface area (Å²) in [5.74, 6) is 0.750. The Balaban J connectivity index is 1.70. The number of carbonyl (C=O) groups excluding carboxylic acids is 1. The summed E-state index contributed by atoms with van der Waals surface area (Å²) < 4.78 is 4.92. The van der Waals surface area contributed by atoms with Gasteiger partial charge in [-0.3, -0.25) is 9.69 Å². The number of ether oxygens (including phenoxy) is 1. The predicted octanol–water partition coefficient (Wildman–Crippen LogP) is 2.07. The fraction of sp³-hybridized carbons (Fsp3) is 0.533. The van der Waals surface area contributed by atoms with E-state index in [1.54, 1.807) is 0 Å². The summed E-state index contributed by atoms with van der Waals surface area (Å²) in [6.45, 7) is 2.09. The Morgan fingerprint density at radius 2 is 2.11 bits per heavy atom. The molecule has 3 unspecified atom stereocenters. The van der Waals surface area contributed by atoms with Crippen molar-refractivity contribution in [2.45, 2.75) is 25.4 Å². The summed E-state index contributed by atoms with van der Waals surface area (Å²) in [5, 5.41) is 0. The van der Waals surface area contributed by atoms with Crippen molar-refractivity contribution < 1.29 is 9.53 Å². The number of hydrogen-bond donors (Lipinski definition) is 0. The Hall–Kier alpha value is -1.35. The van der Waals surface area contributed by atoms with Crippen LogP contribution in [0.3, 0.4) is 0 Å². The summed E-state index contributed by atoms with van der Waals surface area (Å²) in [5.41, 5.74) is 1.33. The van der Waals surface area contributed by atoms with Crippen LogP contribution in [0.4, 0.5) is 0 Å². The second-order valence-electron chi connectivity index (χ2n) is 5.45. The molecule has 3 heteroatoms. The van der Waals surface area contributed by atoms with Crippen molar-refractivity contribution in [2.75, 3.05) is 13.7 Å². The van der Waals surface area contributed by atoms with Gasteiger partial charge in [-0.05, 0) is 24.3 Å². The Bertz CT molecular complexity index is 431. The molecule has 0 radical (unpaired) electrons. The van der Waals surface area contributed by atoms with Gasteiger partial charge in [-0.15, -0.1) is 0 Å². The maximum atomic E-state index is 11.8. The van der Waals surface area contributed by atoms with E-state index < -0.39 is 0 Å². The molecule has 3 atom stereocenters. The summed E-state index contributed by atoms with van der Waals surface area (Å²) in [7, 11) is 1.50. The highest BCUT2D eigenvalue weighted by molar-refractivity contribution is 5.73. The predicted molar refractivity (Wildman–Crippen MR) is 68.9 cm³/mol. The lowest BCUT2D eigenvalue weighted by molar-refractivity contribution is -0.148. The lowest BCUT2D eigenvalue weighted by Crippen LogP contribution is -2.41. The zero-order chi connectivity index (χ0) is 12.5. The molecule has 1 aromatic rings. The van der Waals surface area contributed by atoms with Crippen LogP contribution < -0.4 is 0 Å². The van der Waals surface area contributed by atoms with Crippen molar-refractivity contribution in [3.8, 4) is 0 Å². The minimum atomic E-state index is -0.0275. The zero-order valence-electron chi connectivity index (χ0n) is 10.7. The number of rotatable bonds is 3. The van der Waals surface area contributed by atoms with Crippen LogP contribution >= 0.6 is 0 Å². The highest BCUT2D eigenvalue weighted by Gasteiger charge is 2.48. The van der Waals surface area contributed by atoms with Crippen LogP contribution in [0.5, 0.6) is 0 Å². The Morgan fingerprint density at radius 3 is 2.78 bits per heavy atom. The number of hydrogen-bond acceptors (Lipinski definition) is 3. The molecule has 3 nitrogen and oxygen atoms in total. The normalized spacial score (nSPS) is 30.6. The molecule has 2 fully saturated rings. The van der Waals surface area contributed by atoms with E-state index in [1.165, 1.54) is 12.7 Å². The van der Waals surface area contributed by atoms with E-state index in [9.17, 15) is 4.79 Å². The lowest BCUT2D eigenvalue weighted by atomic mass is 9.98. The van der Waals surface area contributed by atoms with Crippen LogP contribution in [-0.4, -0.2) is 30.6 Å². The molecule has 2 bridgehead atoms. The lowest BCUT2D eigenvalue weighted by Gasteiger charge is -2.31. The molecular weight excluding hydrogens is 226 g/mol. The molecule has 2 aliphatic rings. The Labute approximate surface area is 108 Å². The second kappa shape index (κ2) is 4.73. The van der Waals surface area contributed by atoms with Crippen molar-refractivity contribution in [1.29, 1.82) is 0 Å². The SMILES string of the molecule is COC(=O)C1CC2CC1N(Cc1ccccc1)C2. The summed E-state index contributed by atoms with van der Waals surface area (Å²) in [6, 6.07) is 10.9. The van der Waals surface area contributed by atoms with Gasteiger partial charge in [0.25, 0.3) is 0 Å². The third-order valence-corrected chi connectivity index (χ3v) is 4.32. The van der Waals surface area contributed by atoms with Gasteiger partial charge in [-0.2, -0.15) is 0 Å². The first-order valence-electron chi connectivity index (χ1n) is 6.63. The number of fused-ring (bicyclic) bond motifs is 2. The van der Waals surface area contributed by atoms with Gasteiger partial charge < -0.3 is 4.74 Å². The molecule has 0 aromatic heterocycles. The topological polar surface area (TPSA) is 29.5 Å². The number of esters is 1. The molecule has 1 aliphatic heterocycles. The highest BCUT2D eigenvalue weighted by Crippen LogP contribution is 2.42. The fourth-order valence-corrected chi connectivity index (χ4v) is 3.54. The van der Waals surface area contributed by atoms with E-state index in [1.807, 2.05) is 6.07 Å². The smallest absolute Gasteiger partial charge is 0.310 e. The molecule has 1 saturated heterocycles. The minimum absolute atomic E-state index is 0.0275. The van der Waals surface area contributed by atoms with Crippen LogP contribution in [0.1, 0.15) is 18.4 Å². The van der Waals surface area contributed by atoms with E-state index in [0.717, 1.165) is 25.9 Å². The van der Waals surface area contributed by atoms with Crippen molar-refractivity contribution >= 4 is 5.97 Å². The van der Waals surface area contributed by atoms with E-state index in [4.69, 9.17) is 4.74 Å². The number of likely N-dealkylation sites (tertiary alicyclic amines) is 1. The van der Waals surface area contributed by atoms with Gasteiger partial charge in [-0.1, -0.05) is 30.3 Å². The molecule has 1 aromatic carbocycles. The molecule has 0 spiro atoms. The molecule has 3 rings (SSSR count). The number of nitrogens with zero attached hydrogens (tertiary/aromatic N) is 1. The van der Waals surface area contributed by atoms with Crippen molar-refractivity contribution in [2.24, 2.45) is 11.8 Å². The highest BCUT2D eigenvalue weighted by atomic mass is 16.5. The number of piperidine rings is 1. The van der Waals surface area contributed by atoms with Crippen LogP contribution in [0.25, 0.3) is 0 Å². The third-order valence-electron chi connectivity index (χ3n) is 4.32. The maximum Gasteiger partial charge on any atom is 0.310 e. The van der Waals surface area contributed by atoms with E-state index in [2.05, 4.69) is 29.2 Å². The molecule has 1 heterocycles. The van der Waals surface area contributed by atoms with Gasteiger partial charge in [0.2, 0.25) is 0 Å². The maximum absolute atomic E-state index is 11.8. The molecule has 0 amide bonds.